The second kappa shape index (κ2) is 10.3. The minimum Gasteiger partial charge on any atom is -0.497 e. The molecule has 0 saturated carbocycles. The van der Waals surface area contributed by atoms with Gasteiger partial charge in [-0.15, -0.1) is 0 Å². The molecule has 1 heterocycles. The number of methoxy groups -OCH3 is 1. The maximum atomic E-state index is 6.44. The van der Waals surface area contributed by atoms with Gasteiger partial charge in [0.15, 0.2) is 0 Å². The fraction of sp³-hybridized carbons (Fsp3) is 0.379. The molecule has 0 N–H and O–H groups in total. The average Bonchev–Trinajstić information content (AvgIpc) is 3.04. The molecule has 4 rings (SSSR count). The topological polar surface area (TPSA) is 30.9 Å². The highest BCUT2D eigenvalue weighted by Crippen LogP contribution is 2.41. The van der Waals surface area contributed by atoms with Gasteiger partial charge in [0.2, 0.25) is 0 Å². The molecule has 1 aliphatic rings. The Morgan fingerprint density at radius 3 is 1.65 bits per heavy atom. The van der Waals surface area contributed by atoms with Crippen molar-refractivity contribution in [2.24, 2.45) is 0 Å². The van der Waals surface area contributed by atoms with Gasteiger partial charge < -0.3 is 14.0 Å². The molecule has 3 aromatic rings. The fourth-order valence-corrected chi connectivity index (χ4v) is 4.48. The van der Waals surface area contributed by atoms with Crippen molar-refractivity contribution in [2.45, 2.75) is 64.3 Å². The lowest BCUT2D eigenvalue weighted by Crippen LogP contribution is -2.41. The van der Waals surface area contributed by atoms with Crippen molar-refractivity contribution in [2.75, 3.05) is 7.11 Å². The number of rotatable bonds is 9. The molecule has 0 radical (unpaired) electrons. The van der Waals surface area contributed by atoms with Crippen LogP contribution in [0.2, 0.25) is 6.32 Å². The summed E-state index contributed by atoms with van der Waals surface area (Å²) in [6.07, 6.45) is 0.735. The Kier molecular flexibility index (Phi) is 7.46. The van der Waals surface area contributed by atoms with Gasteiger partial charge in [0, 0.05) is 25.5 Å². The van der Waals surface area contributed by atoms with E-state index < -0.39 is 0 Å². The second-order valence-corrected chi connectivity index (χ2v) is 10.1. The minimum atomic E-state index is -0.355. The Balaban J connectivity index is 1.68. The minimum absolute atomic E-state index is 0.0982. The molecule has 0 aliphatic carbocycles. The molecule has 0 aromatic heterocycles. The van der Waals surface area contributed by atoms with Gasteiger partial charge in [-0.25, -0.2) is 0 Å². The Labute approximate surface area is 205 Å². The molecule has 0 bridgehead atoms. The van der Waals surface area contributed by atoms with E-state index in [1.807, 2.05) is 12.1 Å². The van der Waals surface area contributed by atoms with Gasteiger partial charge in [0.1, 0.15) is 5.75 Å². The maximum absolute atomic E-state index is 6.44. The van der Waals surface area contributed by atoms with E-state index in [-0.39, 0.29) is 24.4 Å². The third kappa shape index (κ3) is 5.72. The number of hydrogen-bond acceptors (Lipinski definition) is 4. The van der Waals surface area contributed by atoms with Gasteiger partial charge in [-0.05, 0) is 56.5 Å². The largest absolute Gasteiger partial charge is 0.497 e. The van der Waals surface area contributed by atoms with Crippen LogP contribution in [-0.4, -0.2) is 30.3 Å². The molecular weight excluding hydrogens is 421 g/mol. The highest BCUT2D eigenvalue weighted by Gasteiger charge is 2.51. The van der Waals surface area contributed by atoms with Crippen molar-refractivity contribution in [3.63, 3.8) is 0 Å². The van der Waals surface area contributed by atoms with Gasteiger partial charge in [0.05, 0.1) is 18.3 Å². The van der Waals surface area contributed by atoms with E-state index in [2.05, 4.69) is 105 Å². The predicted molar refractivity (Wildman–Crippen MR) is 139 cm³/mol. The first-order valence-corrected chi connectivity index (χ1v) is 12.1. The monoisotopic (exact) mass is 457 g/mol. The lowest BCUT2D eigenvalue weighted by Gasteiger charge is -2.33. The number of hydrogen-bond donors (Lipinski definition) is 0. The van der Waals surface area contributed by atoms with E-state index in [1.54, 1.807) is 7.11 Å². The molecule has 178 valence electrons. The zero-order valence-corrected chi connectivity index (χ0v) is 21.0. The lowest BCUT2D eigenvalue weighted by molar-refractivity contribution is 0.00578. The highest BCUT2D eigenvalue weighted by molar-refractivity contribution is 6.45. The van der Waals surface area contributed by atoms with Crippen molar-refractivity contribution in [1.29, 1.82) is 0 Å². The first kappa shape index (κ1) is 24.5. The van der Waals surface area contributed by atoms with Crippen molar-refractivity contribution in [1.82, 2.24) is 4.90 Å². The molecule has 0 spiro atoms. The summed E-state index contributed by atoms with van der Waals surface area (Å²) in [5.74, 6) is 0.857. The lowest BCUT2D eigenvalue weighted by atomic mass is 9.77. The molecule has 0 amide bonds. The van der Waals surface area contributed by atoms with Gasteiger partial charge in [0.25, 0.3) is 0 Å². The van der Waals surface area contributed by atoms with Gasteiger partial charge in [-0.1, -0.05) is 72.8 Å². The SMILES string of the molecule is COc1ccc([C@@H](CB2OC(C)(C)C(C)(C)O2)N(Cc2ccccc2)Cc2ccccc2)cc1. The van der Waals surface area contributed by atoms with Crippen LogP contribution in [0.3, 0.4) is 0 Å². The van der Waals surface area contributed by atoms with Gasteiger partial charge in [-0.2, -0.15) is 0 Å². The van der Waals surface area contributed by atoms with E-state index in [0.29, 0.717) is 0 Å². The van der Waals surface area contributed by atoms with Crippen LogP contribution >= 0.6 is 0 Å². The Morgan fingerprint density at radius 2 is 1.21 bits per heavy atom. The molecule has 5 heteroatoms. The molecule has 34 heavy (non-hydrogen) atoms. The molecule has 1 aliphatic heterocycles. The van der Waals surface area contributed by atoms with Gasteiger partial charge >= 0.3 is 7.12 Å². The van der Waals surface area contributed by atoms with Gasteiger partial charge in [-0.3, -0.25) is 4.90 Å². The summed E-state index contributed by atoms with van der Waals surface area (Å²) in [7, 11) is 1.42. The van der Waals surface area contributed by atoms with Crippen LogP contribution in [0.1, 0.15) is 50.4 Å². The Bertz CT molecular complexity index is 980. The smallest absolute Gasteiger partial charge is 0.459 e. The molecule has 1 saturated heterocycles. The molecule has 1 atom stereocenters. The second-order valence-electron chi connectivity index (χ2n) is 10.1. The Morgan fingerprint density at radius 1 is 0.735 bits per heavy atom. The van der Waals surface area contributed by atoms with Crippen molar-refractivity contribution >= 4 is 7.12 Å². The highest BCUT2D eigenvalue weighted by atomic mass is 16.7. The van der Waals surface area contributed by atoms with Crippen LogP contribution in [0.4, 0.5) is 0 Å². The first-order valence-electron chi connectivity index (χ1n) is 12.1. The average molecular weight is 457 g/mol. The summed E-state index contributed by atoms with van der Waals surface area (Å²) in [5, 5.41) is 0. The first-order chi connectivity index (χ1) is 16.3. The summed E-state index contributed by atoms with van der Waals surface area (Å²) in [5.41, 5.74) is 3.08. The quantitative estimate of drug-likeness (QED) is 0.342. The summed E-state index contributed by atoms with van der Waals surface area (Å²) in [6.45, 7) is 10.1. The third-order valence-electron chi connectivity index (χ3n) is 7.12. The molecule has 1 fully saturated rings. The zero-order valence-electron chi connectivity index (χ0n) is 21.0. The maximum Gasteiger partial charge on any atom is 0.459 e. The third-order valence-corrected chi connectivity index (χ3v) is 7.12. The molecular formula is C29H36BNO3. The normalized spacial score (nSPS) is 17.6. The van der Waals surface area contributed by atoms with E-state index in [0.717, 1.165) is 25.2 Å². The van der Waals surface area contributed by atoms with E-state index in [1.165, 1.54) is 16.7 Å². The van der Waals surface area contributed by atoms with Crippen molar-refractivity contribution in [3.05, 3.63) is 102 Å². The summed E-state index contributed by atoms with van der Waals surface area (Å²) < 4.78 is 18.3. The summed E-state index contributed by atoms with van der Waals surface area (Å²) in [6, 6.07) is 29.8. The standard InChI is InChI=1S/C29H36BNO3/c1-28(2)29(3,4)34-30(33-28)20-27(25-16-18-26(32-5)19-17-25)31(21-23-12-8-6-9-13-23)22-24-14-10-7-11-15-24/h6-19,27H,20-22H2,1-5H3/t27-/m1/s1. The fourth-order valence-electron chi connectivity index (χ4n) is 4.48. The summed E-state index contributed by atoms with van der Waals surface area (Å²) >= 11 is 0. The van der Waals surface area contributed by atoms with Crippen LogP contribution < -0.4 is 4.74 Å². The van der Waals surface area contributed by atoms with Crippen LogP contribution in [0.15, 0.2) is 84.9 Å². The predicted octanol–water partition coefficient (Wildman–Crippen LogP) is 6.53. The summed E-state index contributed by atoms with van der Waals surface area (Å²) in [4.78, 5) is 2.53. The van der Waals surface area contributed by atoms with Crippen LogP contribution in [0, 0.1) is 0 Å². The Hall–Kier alpha value is -2.60. The van der Waals surface area contributed by atoms with E-state index in [9.17, 15) is 0 Å². The van der Waals surface area contributed by atoms with Crippen LogP contribution in [0.5, 0.6) is 5.75 Å². The van der Waals surface area contributed by atoms with Crippen molar-refractivity contribution in [3.8, 4) is 5.75 Å². The van der Waals surface area contributed by atoms with Crippen molar-refractivity contribution < 1.29 is 14.0 Å². The van der Waals surface area contributed by atoms with Crippen LogP contribution in [-0.2, 0) is 22.4 Å². The number of benzene rings is 3. The van der Waals surface area contributed by atoms with Crippen LogP contribution in [0.25, 0.3) is 0 Å². The molecule has 4 nitrogen and oxygen atoms in total. The number of ether oxygens (including phenoxy) is 1. The van der Waals surface area contributed by atoms with E-state index in [4.69, 9.17) is 14.0 Å². The molecule has 3 aromatic carbocycles. The zero-order chi connectivity index (χ0) is 24.2. The molecule has 0 unspecified atom stereocenters. The number of nitrogens with zero attached hydrogens (tertiary/aromatic N) is 1. The van der Waals surface area contributed by atoms with E-state index >= 15 is 0 Å².